The minimum atomic E-state index is -0.204. The van der Waals surface area contributed by atoms with Gasteiger partial charge < -0.3 is 14.6 Å². The third-order valence-corrected chi connectivity index (χ3v) is 4.99. The normalized spacial score (nSPS) is 13.1. The molecule has 0 radical (unpaired) electrons. The van der Waals surface area contributed by atoms with E-state index in [9.17, 15) is 9.18 Å². The zero-order chi connectivity index (χ0) is 20.6. The standard InChI is InChI=1S/C24H27FN2O2/c1-3-18(2)26-24(28)23-14-13-21(29-23)17-27(15-19-9-5-4-6-10-19)16-20-11-7-8-12-22(20)25/h4-14,18H,3,15-17H2,1-2H3,(H,26,28)/p+1/t18-/m0/s1. The highest BCUT2D eigenvalue weighted by molar-refractivity contribution is 5.91. The van der Waals surface area contributed by atoms with Gasteiger partial charge in [-0.05, 0) is 31.5 Å². The number of rotatable bonds is 9. The van der Waals surface area contributed by atoms with E-state index in [0.717, 1.165) is 17.9 Å². The molecular weight excluding hydrogens is 367 g/mol. The van der Waals surface area contributed by atoms with Crippen LogP contribution in [0.25, 0.3) is 0 Å². The Hall–Kier alpha value is -2.92. The number of hydrogen-bond acceptors (Lipinski definition) is 2. The Balaban J connectivity index is 1.74. The molecule has 0 saturated carbocycles. The minimum absolute atomic E-state index is 0.0947. The van der Waals surface area contributed by atoms with Gasteiger partial charge in [0.2, 0.25) is 0 Å². The van der Waals surface area contributed by atoms with E-state index < -0.39 is 0 Å². The fourth-order valence-corrected chi connectivity index (χ4v) is 3.22. The molecule has 5 heteroatoms. The number of benzene rings is 2. The average Bonchev–Trinajstić information content (AvgIpc) is 3.19. The summed E-state index contributed by atoms with van der Waals surface area (Å²) >= 11 is 0. The summed E-state index contributed by atoms with van der Waals surface area (Å²) in [5.41, 5.74) is 1.83. The summed E-state index contributed by atoms with van der Waals surface area (Å²) in [6, 6.07) is 20.6. The van der Waals surface area contributed by atoms with Crippen LogP contribution in [0.2, 0.25) is 0 Å². The number of nitrogens with one attached hydrogen (secondary N) is 2. The minimum Gasteiger partial charge on any atom is -0.450 e. The van der Waals surface area contributed by atoms with E-state index in [1.54, 1.807) is 12.1 Å². The van der Waals surface area contributed by atoms with Crippen molar-refractivity contribution in [3.05, 3.63) is 95.2 Å². The quantitative estimate of drug-likeness (QED) is 0.580. The van der Waals surface area contributed by atoms with Crippen LogP contribution in [0.4, 0.5) is 4.39 Å². The van der Waals surface area contributed by atoms with Gasteiger partial charge >= 0.3 is 0 Å². The molecule has 2 atom stereocenters. The lowest BCUT2D eigenvalue weighted by molar-refractivity contribution is -0.942. The molecule has 152 valence electrons. The molecule has 3 aromatic rings. The van der Waals surface area contributed by atoms with Crippen molar-refractivity contribution < 1.29 is 18.5 Å². The molecule has 0 aliphatic heterocycles. The van der Waals surface area contributed by atoms with Crippen molar-refractivity contribution in [2.75, 3.05) is 0 Å². The summed E-state index contributed by atoms with van der Waals surface area (Å²) in [6.07, 6.45) is 0.858. The molecule has 0 spiro atoms. The van der Waals surface area contributed by atoms with Gasteiger partial charge in [-0.15, -0.1) is 0 Å². The molecule has 1 amide bonds. The van der Waals surface area contributed by atoms with E-state index in [0.29, 0.717) is 30.2 Å². The second-order valence-electron chi connectivity index (χ2n) is 7.41. The largest absolute Gasteiger partial charge is 0.450 e. The van der Waals surface area contributed by atoms with E-state index in [1.165, 1.54) is 11.6 Å². The summed E-state index contributed by atoms with van der Waals surface area (Å²) < 4.78 is 20.0. The molecule has 29 heavy (non-hydrogen) atoms. The molecule has 1 heterocycles. The zero-order valence-electron chi connectivity index (χ0n) is 17.0. The fourth-order valence-electron chi connectivity index (χ4n) is 3.22. The van der Waals surface area contributed by atoms with Gasteiger partial charge in [-0.3, -0.25) is 4.79 Å². The Morgan fingerprint density at radius 3 is 2.45 bits per heavy atom. The predicted octanol–water partition coefficient (Wildman–Crippen LogP) is 3.73. The maximum absolute atomic E-state index is 14.2. The van der Waals surface area contributed by atoms with Crippen molar-refractivity contribution >= 4 is 5.91 Å². The van der Waals surface area contributed by atoms with E-state index in [4.69, 9.17) is 4.42 Å². The molecule has 0 aliphatic rings. The van der Waals surface area contributed by atoms with Gasteiger partial charge in [0.15, 0.2) is 11.5 Å². The predicted molar refractivity (Wildman–Crippen MR) is 111 cm³/mol. The molecule has 2 N–H and O–H groups in total. The monoisotopic (exact) mass is 395 g/mol. The number of carbonyl (C=O) groups excluding carboxylic acids is 1. The van der Waals surface area contributed by atoms with Crippen molar-refractivity contribution in [1.82, 2.24) is 5.32 Å². The van der Waals surface area contributed by atoms with Crippen molar-refractivity contribution in [1.29, 1.82) is 0 Å². The fraction of sp³-hybridized carbons (Fsp3) is 0.292. The first-order valence-electron chi connectivity index (χ1n) is 10.1. The Labute approximate surface area is 171 Å². The van der Waals surface area contributed by atoms with Crippen LogP contribution in [0, 0.1) is 5.82 Å². The second-order valence-corrected chi connectivity index (χ2v) is 7.41. The molecule has 0 bridgehead atoms. The highest BCUT2D eigenvalue weighted by Gasteiger charge is 2.18. The smallest absolute Gasteiger partial charge is 0.287 e. The number of furan rings is 1. The van der Waals surface area contributed by atoms with Gasteiger partial charge in [0.05, 0.1) is 0 Å². The SMILES string of the molecule is CC[C@H](C)NC(=O)c1ccc(C[NH+](Cc2ccccc2)Cc2ccccc2F)o1. The van der Waals surface area contributed by atoms with Crippen LogP contribution < -0.4 is 10.2 Å². The molecule has 3 rings (SSSR count). The number of halogens is 1. The van der Waals surface area contributed by atoms with Gasteiger partial charge in [0.1, 0.15) is 25.5 Å². The first-order chi connectivity index (χ1) is 14.0. The number of hydrogen-bond donors (Lipinski definition) is 2. The lowest BCUT2D eigenvalue weighted by Gasteiger charge is -2.19. The molecule has 1 unspecified atom stereocenters. The van der Waals surface area contributed by atoms with E-state index in [1.807, 2.05) is 50.2 Å². The Bertz CT molecular complexity index is 923. The maximum Gasteiger partial charge on any atom is 0.287 e. The molecule has 0 saturated heterocycles. The Morgan fingerprint density at radius 1 is 1.00 bits per heavy atom. The summed E-state index contributed by atoms with van der Waals surface area (Å²) in [6.45, 7) is 5.79. The van der Waals surface area contributed by atoms with Crippen molar-refractivity contribution in [3.63, 3.8) is 0 Å². The van der Waals surface area contributed by atoms with Gasteiger partial charge in [-0.25, -0.2) is 4.39 Å². The summed E-state index contributed by atoms with van der Waals surface area (Å²) in [4.78, 5) is 13.4. The van der Waals surface area contributed by atoms with Crippen molar-refractivity contribution in [2.45, 2.75) is 45.9 Å². The number of carbonyl (C=O) groups is 1. The second kappa shape index (κ2) is 10.0. The Kier molecular flexibility index (Phi) is 7.19. The van der Waals surface area contributed by atoms with Gasteiger partial charge in [0, 0.05) is 17.2 Å². The maximum atomic E-state index is 14.2. The Morgan fingerprint density at radius 2 is 1.72 bits per heavy atom. The molecule has 0 aliphatic carbocycles. The number of quaternary nitrogens is 1. The molecule has 0 fully saturated rings. The lowest BCUT2D eigenvalue weighted by Crippen LogP contribution is -3.08. The molecule has 2 aromatic carbocycles. The van der Waals surface area contributed by atoms with Crippen LogP contribution in [0.5, 0.6) is 0 Å². The van der Waals surface area contributed by atoms with Crippen LogP contribution in [0.15, 0.2) is 71.1 Å². The average molecular weight is 395 g/mol. The van der Waals surface area contributed by atoms with Gasteiger partial charge in [-0.2, -0.15) is 0 Å². The summed E-state index contributed by atoms with van der Waals surface area (Å²) in [5.74, 6) is 0.613. The molecule has 4 nitrogen and oxygen atoms in total. The zero-order valence-corrected chi connectivity index (χ0v) is 17.0. The first-order valence-corrected chi connectivity index (χ1v) is 10.1. The summed E-state index contributed by atoms with van der Waals surface area (Å²) in [5, 5.41) is 2.91. The van der Waals surface area contributed by atoms with Gasteiger partial charge in [-0.1, -0.05) is 55.5 Å². The first kappa shape index (κ1) is 20.8. The van der Waals surface area contributed by atoms with Gasteiger partial charge in [0.25, 0.3) is 5.91 Å². The lowest BCUT2D eigenvalue weighted by atomic mass is 10.1. The summed E-state index contributed by atoms with van der Waals surface area (Å²) in [7, 11) is 0. The topological polar surface area (TPSA) is 46.7 Å². The van der Waals surface area contributed by atoms with E-state index >= 15 is 0 Å². The van der Waals surface area contributed by atoms with Crippen molar-refractivity contribution in [3.8, 4) is 0 Å². The van der Waals surface area contributed by atoms with Crippen LogP contribution in [-0.2, 0) is 19.6 Å². The molecular formula is C24H28FN2O2+. The van der Waals surface area contributed by atoms with E-state index in [-0.39, 0.29) is 17.8 Å². The van der Waals surface area contributed by atoms with Crippen LogP contribution in [-0.4, -0.2) is 11.9 Å². The van der Waals surface area contributed by atoms with Crippen LogP contribution in [0.1, 0.15) is 47.7 Å². The third kappa shape index (κ3) is 6.03. The highest BCUT2D eigenvalue weighted by Crippen LogP contribution is 2.09. The number of amides is 1. The highest BCUT2D eigenvalue weighted by atomic mass is 19.1. The van der Waals surface area contributed by atoms with Crippen molar-refractivity contribution in [2.24, 2.45) is 0 Å². The molecule has 1 aromatic heterocycles. The van der Waals surface area contributed by atoms with Crippen LogP contribution >= 0.6 is 0 Å². The van der Waals surface area contributed by atoms with Crippen LogP contribution in [0.3, 0.4) is 0 Å². The third-order valence-electron chi connectivity index (χ3n) is 4.99. The van der Waals surface area contributed by atoms with E-state index in [2.05, 4.69) is 17.4 Å².